The molecular formula is C14H19N3O2. The van der Waals surface area contributed by atoms with Gasteiger partial charge in [-0.05, 0) is 25.5 Å². The Morgan fingerprint density at radius 1 is 1.42 bits per heavy atom. The maximum absolute atomic E-state index is 12.2. The second-order valence-corrected chi connectivity index (χ2v) is 5.49. The average Bonchev–Trinajstić information content (AvgIpc) is 2.79. The predicted octanol–water partition coefficient (Wildman–Crippen LogP) is 0.823. The number of rotatable bonds is 4. The molecule has 102 valence electrons. The minimum atomic E-state index is -0.735. The van der Waals surface area contributed by atoms with E-state index in [1.807, 2.05) is 24.3 Å². The van der Waals surface area contributed by atoms with Crippen molar-refractivity contribution in [2.45, 2.75) is 19.8 Å². The summed E-state index contributed by atoms with van der Waals surface area (Å²) in [5, 5.41) is 6.01. The maximum atomic E-state index is 12.2. The highest BCUT2D eigenvalue weighted by Gasteiger charge is 2.31. The van der Waals surface area contributed by atoms with Crippen LogP contribution in [0.5, 0.6) is 0 Å². The van der Waals surface area contributed by atoms with Gasteiger partial charge in [0.2, 0.25) is 11.8 Å². The molecule has 1 atom stereocenters. The Kier molecular flexibility index (Phi) is 3.46. The number of benzene rings is 1. The van der Waals surface area contributed by atoms with Gasteiger partial charge in [0.05, 0.1) is 11.3 Å². The average molecular weight is 261 g/mol. The molecule has 1 aliphatic rings. The van der Waals surface area contributed by atoms with Crippen LogP contribution < -0.4 is 16.4 Å². The van der Waals surface area contributed by atoms with E-state index < -0.39 is 11.3 Å². The first-order valence-electron chi connectivity index (χ1n) is 6.32. The van der Waals surface area contributed by atoms with Crippen molar-refractivity contribution in [3.63, 3.8) is 0 Å². The van der Waals surface area contributed by atoms with E-state index in [0.717, 1.165) is 11.3 Å². The van der Waals surface area contributed by atoms with Crippen LogP contribution >= 0.6 is 0 Å². The molecule has 0 saturated carbocycles. The Labute approximate surface area is 112 Å². The number of anilines is 1. The summed E-state index contributed by atoms with van der Waals surface area (Å²) in [5.41, 5.74) is 6.54. The topological polar surface area (TPSA) is 84.2 Å². The van der Waals surface area contributed by atoms with Crippen LogP contribution in [0.25, 0.3) is 0 Å². The lowest BCUT2D eigenvalue weighted by Gasteiger charge is -2.22. The monoisotopic (exact) mass is 261 g/mol. The lowest BCUT2D eigenvalue weighted by atomic mass is 9.92. The smallest absolute Gasteiger partial charge is 0.229 e. The number of fused-ring (bicyclic) bond motifs is 1. The lowest BCUT2D eigenvalue weighted by molar-refractivity contribution is -0.127. The van der Waals surface area contributed by atoms with E-state index >= 15 is 0 Å². The Morgan fingerprint density at radius 2 is 2.11 bits per heavy atom. The van der Waals surface area contributed by atoms with Gasteiger partial charge < -0.3 is 16.4 Å². The minimum absolute atomic E-state index is 0.0771. The van der Waals surface area contributed by atoms with Gasteiger partial charge in [0.15, 0.2) is 0 Å². The molecule has 0 radical (unpaired) electrons. The second-order valence-electron chi connectivity index (χ2n) is 5.49. The fraction of sp³-hybridized carbons (Fsp3) is 0.429. The van der Waals surface area contributed by atoms with Crippen LogP contribution in [-0.4, -0.2) is 24.9 Å². The number of nitrogens with one attached hydrogen (secondary N) is 2. The molecule has 5 heteroatoms. The number of hydrogen-bond donors (Lipinski definition) is 3. The van der Waals surface area contributed by atoms with Crippen LogP contribution in [0.3, 0.4) is 0 Å². The van der Waals surface area contributed by atoms with Crippen LogP contribution in [0.1, 0.15) is 25.3 Å². The Hall–Kier alpha value is -2.04. The van der Waals surface area contributed by atoms with Gasteiger partial charge in [-0.1, -0.05) is 18.2 Å². The number of amides is 2. The molecule has 0 saturated heterocycles. The van der Waals surface area contributed by atoms with Crippen LogP contribution in [-0.2, 0) is 9.59 Å². The van der Waals surface area contributed by atoms with E-state index in [0.29, 0.717) is 6.54 Å². The quantitative estimate of drug-likeness (QED) is 0.750. The van der Waals surface area contributed by atoms with Crippen molar-refractivity contribution in [2.75, 3.05) is 18.4 Å². The number of para-hydroxylation sites is 1. The van der Waals surface area contributed by atoms with Crippen LogP contribution in [0.2, 0.25) is 0 Å². The summed E-state index contributed by atoms with van der Waals surface area (Å²) in [6, 6.07) is 7.75. The van der Waals surface area contributed by atoms with Crippen LogP contribution in [0.15, 0.2) is 24.3 Å². The fourth-order valence-electron chi connectivity index (χ4n) is 2.04. The van der Waals surface area contributed by atoms with Gasteiger partial charge in [-0.2, -0.15) is 0 Å². The third-order valence-corrected chi connectivity index (χ3v) is 3.52. The molecule has 2 rings (SSSR count). The van der Waals surface area contributed by atoms with Crippen molar-refractivity contribution in [1.29, 1.82) is 0 Å². The first-order chi connectivity index (χ1) is 8.92. The standard InChI is InChI=1S/C14H19N3O2/c1-14(2,13(15)19)8-17-12(18)10-7-16-11-6-4-3-5-9(10)11/h3-6,10,16H,7-8H2,1-2H3,(H2,15,19)(H,17,18). The van der Waals surface area contributed by atoms with Crippen molar-refractivity contribution in [3.8, 4) is 0 Å². The predicted molar refractivity (Wildman–Crippen MR) is 73.7 cm³/mol. The highest BCUT2D eigenvalue weighted by atomic mass is 16.2. The fourth-order valence-corrected chi connectivity index (χ4v) is 2.04. The van der Waals surface area contributed by atoms with Crippen molar-refractivity contribution in [1.82, 2.24) is 5.32 Å². The lowest BCUT2D eigenvalue weighted by Crippen LogP contribution is -2.43. The Balaban J connectivity index is 2.01. The molecule has 1 aliphatic heterocycles. The van der Waals surface area contributed by atoms with Crippen molar-refractivity contribution in [3.05, 3.63) is 29.8 Å². The Morgan fingerprint density at radius 3 is 2.79 bits per heavy atom. The summed E-state index contributed by atoms with van der Waals surface area (Å²) >= 11 is 0. The van der Waals surface area contributed by atoms with Gasteiger partial charge in [-0.25, -0.2) is 0 Å². The molecule has 0 spiro atoms. The molecule has 19 heavy (non-hydrogen) atoms. The van der Waals surface area contributed by atoms with Gasteiger partial charge in [0.25, 0.3) is 0 Å². The summed E-state index contributed by atoms with van der Waals surface area (Å²) < 4.78 is 0. The van der Waals surface area contributed by atoms with E-state index in [4.69, 9.17) is 5.73 Å². The number of primary amides is 1. The third-order valence-electron chi connectivity index (χ3n) is 3.52. The van der Waals surface area contributed by atoms with Crippen LogP contribution in [0, 0.1) is 5.41 Å². The molecule has 0 aromatic heterocycles. The highest BCUT2D eigenvalue weighted by Crippen LogP contribution is 2.31. The number of carbonyl (C=O) groups is 2. The maximum Gasteiger partial charge on any atom is 0.229 e. The van der Waals surface area contributed by atoms with E-state index in [9.17, 15) is 9.59 Å². The van der Waals surface area contributed by atoms with Gasteiger partial charge in [0, 0.05) is 18.8 Å². The van der Waals surface area contributed by atoms with Crippen molar-refractivity contribution >= 4 is 17.5 Å². The molecule has 0 fully saturated rings. The molecule has 2 amide bonds. The highest BCUT2D eigenvalue weighted by molar-refractivity contribution is 5.89. The molecule has 5 nitrogen and oxygen atoms in total. The third kappa shape index (κ3) is 2.70. The second kappa shape index (κ2) is 4.91. The molecule has 1 aromatic rings. The van der Waals surface area contributed by atoms with E-state index in [-0.39, 0.29) is 18.4 Å². The van der Waals surface area contributed by atoms with Crippen molar-refractivity contribution < 1.29 is 9.59 Å². The zero-order chi connectivity index (χ0) is 14.0. The van der Waals surface area contributed by atoms with Gasteiger partial charge in [0.1, 0.15) is 0 Å². The van der Waals surface area contributed by atoms with E-state index in [1.54, 1.807) is 13.8 Å². The first kappa shape index (κ1) is 13.4. The van der Waals surface area contributed by atoms with Gasteiger partial charge in [-0.3, -0.25) is 9.59 Å². The van der Waals surface area contributed by atoms with Crippen molar-refractivity contribution in [2.24, 2.45) is 11.1 Å². The molecule has 1 heterocycles. The zero-order valence-electron chi connectivity index (χ0n) is 11.2. The molecule has 4 N–H and O–H groups in total. The largest absolute Gasteiger partial charge is 0.384 e. The first-order valence-corrected chi connectivity index (χ1v) is 6.32. The summed E-state index contributed by atoms with van der Waals surface area (Å²) in [4.78, 5) is 23.4. The minimum Gasteiger partial charge on any atom is -0.384 e. The summed E-state index contributed by atoms with van der Waals surface area (Å²) in [6.45, 7) is 4.27. The SMILES string of the molecule is CC(C)(CNC(=O)C1CNc2ccccc21)C(N)=O. The number of carbonyl (C=O) groups excluding carboxylic acids is 2. The number of hydrogen-bond acceptors (Lipinski definition) is 3. The molecule has 1 aromatic carbocycles. The Bertz CT molecular complexity index is 511. The molecule has 0 aliphatic carbocycles. The molecular weight excluding hydrogens is 242 g/mol. The van der Waals surface area contributed by atoms with Gasteiger partial charge in [-0.15, -0.1) is 0 Å². The summed E-state index contributed by atoms with van der Waals surface area (Å²) in [7, 11) is 0. The molecule has 1 unspecified atom stereocenters. The van der Waals surface area contributed by atoms with E-state index in [2.05, 4.69) is 10.6 Å². The van der Waals surface area contributed by atoms with Crippen LogP contribution in [0.4, 0.5) is 5.69 Å². The van der Waals surface area contributed by atoms with E-state index in [1.165, 1.54) is 0 Å². The zero-order valence-corrected chi connectivity index (χ0v) is 11.2. The number of nitrogens with two attached hydrogens (primary N) is 1. The molecule has 0 bridgehead atoms. The summed E-state index contributed by atoms with van der Waals surface area (Å²) in [5.74, 6) is -0.704. The summed E-state index contributed by atoms with van der Waals surface area (Å²) in [6.07, 6.45) is 0. The van der Waals surface area contributed by atoms with Gasteiger partial charge >= 0.3 is 0 Å². The normalized spacial score (nSPS) is 17.5.